The topological polar surface area (TPSA) is 46.6 Å². The van der Waals surface area contributed by atoms with Gasteiger partial charge in [0, 0.05) is 19.2 Å². The fraction of sp³-hybridized carbons (Fsp3) is 0.625. The molecule has 0 aliphatic carbocycles. The van der Waals surface area contributed by atoms with E-state index in [4.69, 9.17) is 16.3 Å². The molecule has 124 valence electrons. The molecule has 1 aromatic carbocycles. The lowest BCUT2D eigenvalue weighted by Crippen LogP contribution is -2.39. The van der Waals surface area contributed by atoms with Gasteiger partial charge in [0.2, 0.25) is 10.0 Å². The number of halogens is 1. The van der Waals surface area contributed by atoms with Gasteiger partial charge in [0.15, 0.2) is 0 Å². The van der Waals surface area contributed by atoms with Crippen molar-refractivity contribution in [3.05, 3.63) is 23.2 Å². The number of benzene rings is 1. The molecule has 1 atom stereocenters. The molecule has 4 nitrogen and oxygen atoms in total. The quantitative estimate of drug-likeness (QED) is 0.733. The summed E-state index contributed by atoms with van der Waals surface area (Å²) < 4.78 is 32.7. The number of unbranched alkanes of at least 4 members (excludes halogenated alkanes) is 1. The van der Waals surface area contributed by atoms with Crippen molar-refractivity contribution in [1.29, 1.82) is 0 Å². The van der Waals surface area contributed by atoms with Gasteiger partial charge in [0.05, 0.1) is 16.5 Å². The van der Waals surface area contributed by atoms with E-state index in [0.29, 0.717) is 36.4 Å². The summed E-state index contributed by atoms with van der Waals surface area (Å²) in [6, 6.07) is 4.71. The highest BCUT2D eigenvalue weighted by Crippen LogP contribution is 2.30. The molecule has 1 heterocycles. The highest BCUT2D eigenvalue weighted by atomic mass is 35.5. The van der Waals surface area contributed by atoms with E-state index in [1.807, 2.05) is 0 Å². The largest absolute Gasteiger partial charge is 0.492 e. The van der Waals surface area contributed by atoms with Crippen LogP contribution in [0.25, 0.3) is 0 Å². The smallest absolute Gasteiger partial charge is 0.243 e. The van der Waals surface area contributed by atoms with Crippen LogP contribution in [0.4, 0.5) is 0 Å². The molecule has 22 heavy (non-hydrogen) atoms. The van der Waals surface area contributed by atoms with Crippen LogP contribution >= 0.6 is 11.6 Å². The average Bonchev–Trinajstić information content (AvgIpc) is 2.49. The van der Waals surface area contributed by atoms with Crippen LogP contribution in [0.5, 0.6) is 5.75 Å². The minimum Gasteiger partial charge on any atom is -0.492 e. The molecule has 0 amide bonds. The molecule has 0 spiro atoms. The van der Waals surface area contributed by atoms with Crippen LogP contribution < -0.4 is 4.74 Å². The third-order valence-electron chi connectivity index (χ3n) is 3.92. The molecule has 1 fully saturated rings. The molecule has 0 aromatic heterocycles. The second kappa shape index (κ2) is 7.66. The summed E-state index contributed by atoms with van der Waals surface area (Å²) in [6.45, 7) is 5.87. The number of hydrogen-bond donors (Lipinski definition) is 0. The molecule has 1 aliphatic rings. The van der Waals surface area contributed by atoms with Crippen LogP contribution in [-0.4, -0.2) is 32.4 Å². The first-order chi connectivity index (χ1) is 10.4. The van der Waals surface area contributed by atoms with E-state index < -0.39 is 10.0 Å². The molecule has 6 heteroatoms. The number of ether oxygens (including phenoxy) is 1. The lowest BCUT2D eigenvalue weighted by atomic mass is 10.0. The van der Waals surface area contributed by atoms with Gasteiger partial charge in [0.1, 0.15) is 5.75 Å². The lowest BCUT2D eigenvalue weighted by molar-refractivity contribution is 0.281. The van der Waals surface area contributed by atoms with E-state index in [2.05, 4.69) is 13.8 Å². The third kappa shape index (κ3) is 4.15. The highest BCUT2D eigenvalue weighted by Gasteiger charge is 2.29. The van der Waals surface area contributed by atoms with Crippen molar-refractivity contribution < 1.29 is 13.2 Å². The van der Waals surface area contributed by atoms with Gasteiger partial charge in [-0.3, -0.25) is 0 Å². The maximum atomic E-state index is 12.8. The van der Waals surface area contributed by atoms with Gasteiger partial charge in [-0.2, -0.15) is 4.31 Å². The first-order valence-corrected chi connectivity index (χ1v) is 9.69. The van der Waals surface area contributed by atoms with Gasteiger partial charge in [-0.25, -0.2) is 8.42 Å². The Kier molecular flexibility index (Phi) is 6.12. The van der Waals surface area contributed by atoms with Crippen LogP contribution in [0.3, 0.4) is 0 Å². The summed E-state index contributed by atoms with van der Waals surface area (Å²) in [5.41, 5.74) is 0. The normalized spacial score (nSPS) is 20.0. The highest BCUT2D eigenvalue weighted by molar-refractivity contribution is 7.89. The fourth-order valence-electron chi connectivity index (χ4n) is 2.59. The molecule has 2 rings (SSSR count). The first kappa shape index (κ1) is 17.6. The Labute approximate surface area is 138 Å². The summed E-state index contributed by atoms with van der Waals surface area (Å²) >= 11 is 6.10. The van der Waals surface area contributed by atoms with Crippen LogP contribution in [-0.2, 0) is 10.0 Å². The molecule has 1 aliphatic heterocycles. The van der Waals surface area contributed by atoms with Gasteiger partial charge in [-0.15, -0.1) is 0 Å². The Morgan fingerprint density at radius 2 is 2.18 bits per heavy atom. The molecule has 0 radical (unpaired) electrons. The van der Waals surface area contributed by atoms with Crippen LogP contribution in [0.1, 0.15) is 39.5 Å². The van der Waals surface area contributed by atoms with E-state index in [9.17, 15) is 8.42 Å². The van der Waals surface area contributed by atoms with Gasteiger partial charge >= 0.3 is 0 Å². The zero-order valence-corrected chi connectivity index (χ0v) is 14.8. The van der Waals surface area contributed by atoms with Crippen molar-refractivity contribution in [1.82, 2.24) is 4.31 Å². The Morgan fingerprint density at radius 1 is 1.41 bits per heavy atom. The van der Waals surface area contributed by atoms with Crippen LogP contribution in [0.15, 0.2) is 23.1 Å². The maximum Gasteiger partial charge on any atom is 0.243 e. The molecule has 0 bridgehead atoms. The third-order valence-corrected chi connectivity index (χ3v) is 6.09. The van der Waals surface area contributed by atoms with Crippen molar-refractivity contribution in [3.8, 4) is 5.75 Å². The maximum absolute atomic E-state index is 12.8. The van der Waals surface area contributed by atoms with Crippen molar-refractivity contribution >= 4 is 21.6 Å². The molecule has 1 aromatic rings. The van der Waals surface area contributed by atoms with Gasteiger partial charge in [-0.1, -0.05) is 31.9 Å². The molecule has 0 N–H and O–H groups in total. The van der Waals surface area contributed by atoms with E-state index in [0.717, 1.165) is 25.7 Å². The predicted molar refractivity (Wildman–Crippen MR) is 89.0 cm³/mol. The number of sulfonamides is 1. The van der Waals surface area contributed by atoms with E-state index in [1.54, 1.807) is 22.5 Å². The van der Waals surface area contributed by atoms with Crippen LogP contribution in [0, 0.1) is 5.92 Å². The average molecular weight is 346 g/mol. The predicted octanol–water partition coefficient (Wildman–Crippen LogP) is 3.94. The monoisotopic (exact) mass is 345 g/mol. The summed E-state index contributed by atoms with van der Waals surface area (Å²) in [7, 11) is -3.47. The minimum absolute atomic E-state index is 0.262. The van der Waals surface area contributed by atoms with E-state index in [1.165, 1.54) is 0 Å². The Hall–Kier alpha value is -0.780. The van der Waals surface area contributed by atoms with Crippen molar-refractivity contribution in [2.75, 3.05) is 19.7 Å². The Morgan fingerprint density at radius 3 is 2.86 bits per heavy atom. The van der Waals surface area contributed by atoms with Crippen molar-refractivity contribution in [3.63, 3.8) is 0 Å². The lowest BCUT2D eigenvalue weighted by Gasteiger charge is -2.30. The zero-order chi connectivity index (χ0) is 16.2. The molecular formula is C16H24ClNO3S. The second-order valence-corrected chi connectivity index (χ2v) is 8.25. The minimum atomic E-state index is -3.47. The van der Waals surface area contributed by atoms with E-state index >= 15 is 0 Å². The number of piperidine rings is 1. The Bertz CT molecular complexity index is 603. The second-order valence-electron chi connectivity index (χ2n) is 5.90. The summed E-state index contributed by atoms with van der Waals surface area (Å²) in [5, 5.41) is 0.446. The fourth-order valence-corrected chi connectivity index (χ4v) is 4.38. The Balaban J connectivity index is 2.21. The standard InChI is InChI=1S/C16H24ClNO3S/c1-3-4-10-21-16-11-14(7-8-15(16)17)22(19,20)18-9-5-6-13(2)12-18/h7-8,11,13H,3-6,9-10,12H2,1-2H3/t13-/m0/s1. The van der Waals surface area contributed by atoms with Crippen molar-refractivity contribution in [2.24, 2.45) is 5.92 Å². The first-order valence-electron chi connectivity index (χ1n) is 7.87. The molecule has 0 saturated carbocycles. The van der Waals surface area contributed by atoms with E-state index in [-0.39, 0.29) is 4.90 Å². The number of nitrogens with zero attached hydrogens (tertiary/aromatic N) is 1. The van der Waals surface area contributed by atoms with Gasteiger partial charge < -0.3 is 4.74 Å². The molecule has 1 saturated heterocycles. The number of rotatable bonds is 6. The van der Waals surface area contributed by atoms with Gasteiger partial charge in [0.25, 0.3) is 0 Å². The summed E-state index contributed by atoms with van der Waals surface area (Å²) in [5.74, 6) is 0.845. The molecule has 0 unspecified atom stereocenters. The number of hydrogen-bond acceptors (Lipinski definition) is 3. The zero-order valence-electron chi connectivity index (χ0n) is 13.2. The van der Waals surface area contributed by atoms with Gasteiger partial charge in [-0.05, 0) is 37.3 Å². The summed E-state index contributed by atoms with van der Waals surface area (Å²) in [4.78, 5) is 0.262. The van der Waals surface area contributed by atoms with Crippen molar-refractivity contribution in [2.45, 2.75) is 44.4 Å². The SMILES string of the molecule is CCCCOc1cc(S(=O)(=O)N2CCC[C@H](C)C2)ccc1Cl. The van der Waals surface area contributed by atoms with Crippen LogP contribution in [0.2, 0.25) is 5.02 Å². The molecular weight excluding hydrogens is 322 g/mol. The summed E-state index contributed by atoms with van der Waals surface area (Å²) in [6.07, 6.45) is 3.92.